The zero-order valence-electron chi connectivity index (χ0n) is 10.1. The van der Waals surface area contributed by atoms with Gasteiger partial charge in [-0.05, 0) is 19.3 Å². The van der Waals surface area contributed by atoms with Crippen molar-refractivity contribution in [3.63, 3.8) is 0 Å². The van der Waals surface area contributed by atoms with E-state index in [0.717, 1.165) is 43.6 Å². The summed E-state index contributed by atoms with van der Waals surface area (Å²) in [6.07, 6.45) is 5.51. The fourth-order valence-electron chi connectivity index (χ4n) is 2.40. The van der Waals surface area contributed by atoms with Gasteiger partial charge in [0.15, 0.2) is 0 Å². The van der Waals surface area contributed by atoms with E-state index in [2.05, 4.69) is 21.8 Å². The highest BCUT2D eigenvalue weighted by Crippen LogP contribution is 2.30. The van der Waals surface area contributed by atoms with Crippen LogP contribution in [0.15, 0.2) is 6.33 Å². The molecular weight excluding hydrogens is 238 g/mol. The molecule has 0 aliphatic carbocycles. The summed E-state index contributed by atoms with van der Waals surface area (Å²) in [5.74, 6) is 0.906. The molecule has 0 amide bonds. The Morgan fingerprint density at radius 2 is 2.35 bits per heavy atom. The van der Waals surface area contributed by atoms with Crippen LogP contribution >= 0.6 is 11.6 Å². The van der Waals surface area contributed by atoms with Crippen LogP contribution in [0, 0.1) is 0 Å². The van der Waals surface area contributed by atoms with Crippen molar-refractivity contribution in [2.45, 2.75) is 38.6 Å². The molecule has 1 aromatic rings. The number of aliphatic hydroxyl groups excluding tert-OH is 1. The molecule has 0 aromatic carbocycles. The number of hydrogen-bond acceptors (Lipinski definition) is 4. The summed E-state index contributed by atoms with van der Waals surface area (Å²) in [5.41, 5.74) is 1.01. The molecule has 1 N–H and O–H groups in total. The number of nitrogens with zero attached hydrogens (tertiary/aromatic N) is 3. The maximum atomic E-state index is 9.37. The summed E-state index contributed by atoms with van der Waals surface area (Å²) in [6, 6.07) is 0.177. The molecule has 1 aliphatic rings. The van der Waals surface area contributed by atoms with E-state index in [1.165, 1.54) is 6.33 Å². The molecule has 2 rings (SSSR count). The van der Waals surface area contributed by atoms with E-state index in [9.17, 15) is 5.11 Å². The number of halogens is 1. The Morgan fingerprint density at radius 1 is 1.53 bits per heavy atom. The van der Waals surface area contributed by atoms with Gasteiger partial charge in [-0.2, -0.15) is 0 Å². The first-order valence-corrected chi connectivity index (χ1v) is 6.52. The van der Waals surface area contributed by atoms with Crippen LogP contribution in [0.1, 0.15) is 31.7 Å². The molecule has 1 aromatic heterocycles. The Bertz CT molecular complexity index is 386. The Labute approximate surface area is 107 Å². The van der Waals surface area contributed by atoms with Crippen LogP contribution < -0.4 is 4.90 Å². The zero-order valence-corrected chi connectivity index (χ0v) is 10.8. The molecule has 4 nitrogen and oxygen atoms in total. The van der Waals surface area contributed by atoms with E-state index in [-0.39, 0.29) is 12.6 Å². The van der Waals surface area contributed by atoms with E-state index >= 15 is 0 Å². The van der Waals surface area contributed by atoms with Crippen molar-refractivity contribution >= 4 is 17.4 Å². The number of hydrogen-bond donors (Lipinski definition) is 1. The van der Waals surface area contributed by atoms with Crippen LogP contribution in [0.25, 0.3) is 0 Å². The number of aromatic nitrogens is 2. The second-order valence-electron chi connectivity index (χ2n) is 4.39. The van der Waals surface area contributed by atoms with Gasteiger partial charge >= 0.3 is 0 Å². The molecular formula is C12H18ClN3O. The van der Waals surface area contributed by atoms with Gasteiger partial charge in [0.25, 0.3) is 0 Å². The van der Waals surface area contributed by atoms with Crippen molar-refractivity contribution in [1.82, 2.24) is 9.97 Å². The van der Waals surface area contributed by atoms with Crippen molar-refractivity contribution in [2.75, 3.05) is 18.1 Å². The summed E-state index contributed by atoms with van der Waals surface area (Å²) >= 11 is 6.14. The van der Waals surface area contributed by atoms with E-state index in [0.29, 0.717) is 5.15 Å². The van der Waals surface area contributed by atoms with E-state index < -0.39 is 0 Å². The van der Waals surface area contributed by atoms with Crippen LogP contribution in [0.4, 0.5) is 5.82 Å². The van der Waals surface area contributed by atoms with Crippen LogP contribution in [0.2, 0.25) is 5.15 Å². The lowest BCUT2D eigenvalue weighted by Crippen LogP contribution is -2.33. The average molecular weight is 256 g/mol. The minimum atomic E-state index is 0.174. The normalized spacial score (nSPS) is 19.9. The monoisotopic (exact) mass is 255 g/mol. The molecule has 94 valence electrons. The fourth-order valence-corrected chi connectivity index (χ4v) is 2.62. The molecule has 1 unspecified atom stereocenters. The molecule has 1 saturated heterocycles. The molecule has 1 aliphatic heterocycles. The second kappa shape index (κ2) is 5.65. The summed E-state index contributed by atoms with van der Waals surface area (Å²) in [6.45, 7) is 3.23. The number of aliphatic hydroxyl groups is 1. The molecule has 0 bridgehead atoms. The third-order valence-electron chi connectivity index (χ3n) is 3.23. The van der Waals surface area contributed by atoms with Crippen LogP contribution in [-0.2, 0) is 6.42 Å². The van der Waals surface area contributed by atoms with Crippen molar-refractivity contribution < 1.29 is 5.11 Å². The minimum Gasteiger partial charge on any atom is -0.394 e. The molecule has 0 spiro atoms. The highest BCUT2D eigenvalue weighted by Gasteiger charge is 2.27. The van der Waals surface area contributed by atoms with Crippen molar-refractivity contribution in [3.05, 3.63) is 17.0 Å². The lowest BCUT2D eigenvalue weighted by molar-refractivity contribution is 0.266. The first-order valence-electron chi connectivity index (χ1n) is 6.14. The summed E-state index contributed by atoms with van der Waals surface area (Å²) < 4.78 is 0. The summed E-state index contributed by atoms with van der Waals surface area (Å²) in [5, 5.41) is 9.91. The SMILES string of the molecule is CCCc1c(Cl)ncnc1N1CCCC1CO. The average Bonchev–Trinajstić information content (AvgIpc) is 2.80. The topological polar surface area (TPSA) is 49.2 Å². The van der Waals surface area contributed by atoms with Crippen LogP contribution in [0.3, 0.4) is 0 Å². The van der Waals surface area contributed by atoms with Gasteiger partial charge in [0.1, 0.15) is 17.3 Å². The summed E-state index contributed by atoms with van der Waals surface area (Å²) in [7, 11) is 0. The van der Waals surface area contributed by atoms with Gasteiger partial charge in [-0.1, -0.05) is 24.9 Å². The Balaban J connectivity index is 2.33. The maximum Gasteiger partial charge on any atom is 0.137 e. The van der Waals surface area contributed by atoms with E-state index in [1.807, 2.05) is 0 Å². The molecule has 0 saturated carbocycles. The van der Waals surface area contributed by atoms with Gasteiger partial charge < -0.3 is 10.0 Å². The van der Waals surface area contributed by atoms with Gasteiger partial charge in [-0.3, -0.25) is 0 Å². The highest BCUT2D eigenvalue weighted by atomic mass is 35.5. The Kier molecular flexibility index (Phi) is 4.18. The first-order chi connectivity index (χ1) is 8.27. The highest BCUT2D eigenvalue weighted by molar-refractivity contribution is 6.30. The van der Waals surface area contributed by atoms with Crippen molar-refractivity contribution in [3.8, 4) is 0 Å². The third-order valence-corrected chi connectivity index (χ3v) is 3.56. The zero-order chi connectivity index (χ0) is 12.3. The molecule has 1 atom stereocenters. The van der Waals surface area contributed by atoms with Gasteiger partial charge in [0.05, 0.1) is 12.6 Å². The van der Waals surface area contributed by atoms with Gasteiger partial charge in [0, 0.05) is 12.1 Å². The van der Waals surface area contributed by atoms with E-state index in [4.69, 9.17) is 11.6 Å². The number of rotatable bonds is 4. The number of anilines is 1. The van der Waals surface area contributed by atoms with Gasteiger partial charge in [-0.25, -0.2) is 9.97 Å². The van der Waals surface area contributed by atoms with Crippen LogP contribution in [-0.4, -0.2) is 34.3 Å². The van der Waals surface area contributed by atoms with Crippen LogP contribution in [0.5, 0.6) is 0 Å². The van der Waals surface area contributed by atoms with Crippen molar-refractivity contribution in [2.24, 2.45) is 0 Å². The van der Waals surface area contributed by atoms with E-state index in [1.54, 1.807) is 0 Å². The van der Waals surface area contributed by atoms with Gasteiger partial charge in [0.2, 0.25) is 0 Å². The Hall–Kier alpha value is -0.870. The molecule has 2 heterocycles. The van der Waals surface area contributed by atoms with Crippen molar-refractivity contribution in [1.29, 1.82) is 0 Å². The largest absolute Gasteiger partial charge is 0.394 e. The minimum absolute atomic E-state index is 0.174. The maximum absolute atomic E-state index is 9.37. The molecule has 1 fully saturated rings. The quantitative estimate of drug-likeness (QED) is 0.837. The Morgan fingerprint density at radius 3 is 3.06 bits per heavy atom. The first kappa shape index (κ1) is 12.6. The predicted octanol–water partition coefficient (Wildman–Crippen LogP) is 2.04. The molecule has 17 heavy (non-hydrogen) atoms. The smallest absolute Gasteiger partial charge is 0.137 e. The molecule has 5 heteroatoms. The molecule has 0 radical (unpaired) electrons. The standard InChI is InChI=1S/C12H18ClN3O/c1-2-4-10-11(13)14-8-15-12(10)16-6-3-5-9(16)7-17/h8-9,17H,2-7H2,1H3. The third kappa shape index (κ3) is 2.53. The second-order valence-corrected chi connectivity index (χ2v) is 4.75. The van der Waals surface area contributed by atoms with Gasteiger partial charge in [-0.15, -0.1) is 0 Å². The lowest BCUT2D eigenvalue weighted by Gasteiger charge is -2.26. The summed E-state index contributed by atoms with van der Waals surface area (Å²) in [4.78, 5) is 10.6. The lowest BCUT2D eigenvalue weighted by atomic mass is 10.1. The predicted molar refractivity (Wildman–Crippen MR) is 68.5 cm³/mol. The fraction of sp³-hybridized carbons (Fsp3) is 0.667.